The van der Waals surface area contributed by atoms with Crippen molar-refractivity contribution < 1.29 is 19.1 Å². The fourth-order valence-corrected chi connectivity index (χ4v) is 3.76. The third-order valence-corrected chi connectivity index (χ3v) is 5.29. The number of rotatable bonds is 7. The van der Waals surface area contributed by atoms with E-state index in [4.69, 9.17) is 15.2 Å². The van der Waals surface area contributed by atoms with Crippen molar-refractivity contribution >= 4 is 17.7 Å². The smallest absolute Gasteiger partial charge is 0.414 e. The maximum absolute atomic E-state index is 12.2. The molecule has 2 aliphatic rings. The second-order valence-corrected chi connectivity index (χ2v) is 7.24. The monoisotopic (exact) mass is 375 g/mol. The van der Waals surface area contributed by atoms with Crippen molar-refractivity contribution in [3.05, 3.63) is 29.8 Å². The molecule has 7 nitrogen and oxygen atoms in total. The highest BCUT2D eigenvalue weighted by Gasteiger charge is 2.34. The first-order valence-corrected chi connectivity index (χ1v) is 9.74. The summed E-state index contributed by atoms with van der Waals surface area (Å²) in [5, 5.41) is 0. The number of esters is 1. The predicted octanol–water partition coefficient (Wildman–Crippen LogP) is 2.14. The molecule has 7 heteroatoms. The number of hydrogen-bond acceptors (Lipinski definition) is 6. The van der Waals surface area contributed by atoms with E-state index in [0.717, 1.165) is 43.7 Å². The molecule has 27 heavy (non-hydrogen) atoms. The van der Waals surface area contributed by atoms with Gasteiger partial charge in [-0.25, -0.2) is 4.79 Å². The van der Waals surface area contributed by atoms with Crippen LogP contribution in [0.5, 0.6) is 0 Å². The molecule has 3 rings (SSSR count). The maximum Gasteiger partial charge on any atom is 0.414 e. The zero-order valence-electron chi connectivity index (χ0n) is 15.9. The van der Waals surface area contributed by atoms with Gasteiger partial charge in [-0.1, -0.05) is 12.1 Å². The molecule has 0 saturated carbocycles. The summed E-state index contributed by atoms with van der Waals surface area (Å²) in [5.74, 6) is 0.293. The molecule has 2 heterocycles. The number of anilines is 1. The highest BCUT2D eigenvalue weighted by molar-refractivity contribution is 5.89. The SMILES string of the molecule is CCOC(=O)CC1CCN(CC2CN(c3ccc(CN)cc3)C(=O)O2)CC1. The molecule has 2 N–H and O–H groups in total. The normalized spacial score (nSPS) is 21.3. The first-order valence-electron chi connectivity index (χ1n) is 9.74. The van der Waals surface area contributed by atoms with Gasteiger partial charge in [0, 0.05) is 25.2 Å². The number of nitrogens with zero attached hydrogens (tertiary/aromatic N) is 2. The van der Waals surface area contributed by atoms with Gasteiger partial charge in [0.15, 0.2) is 0 Å². The minimum absolute atomic E-state index is 0.100. The molecule has 0 bridgehead atoms. The van der Waals surface area contributed by atoms with Crippen molar-refractivity contribution in [3.63, 3.8) is 0 Å². The van der Waals surface area contributed by atoms with E-state index >= 15 is 0 Å². The van der Waals surface area contributed by atoms with Crippen LogP contribution < -0.4 is 10.6 Å². The molecule has 0 aromatic heterocycles. The molecular formula is C20H29N3O4. The molecular weight excluding hydrogens is 346 g/mol. The highest BCUT2D eigenvalue weighted by Crippen LogP contribution is 2.25. The summed E-state index contributed by atoms with van der Waals surface area (Å²) in [6, 6.07) is 7.69. The van der Waals surface area contributed by atoms with Crippen molar-refractivity contribution in [2.45, 2.75) is 38.8 Å². The Kier molecular flexibility index (Phi) is 6.68. The van der Waals surface area contributed by atoms with Crippen molar-refractivity contribution in [1.82, 2.24) is 4.90 Å². The lowest BCUT2D eigenvalue weighted by molar-refractivity contribution is -0.144. The van der Waals surface area contributed by atoms with Gasteiger partial charge in [0.05, 0.1) is 13.2 Å². The Labute approximate surface area is 160 Å². The summed E-state index contributed by atoms with van der Waals surface area (Å²) in [7, 11) is 0. The molecule has 0 radical (unpaired) electrons. The molecule has 2 aliphatic heterocycles. The van der Waals surface area contributed by atoms with E-state index in [1.54, 1.807) is 4.90 Å². The summed E-state index contributed by atoms with van der Waals surface area (Å²) in [6.45, 7) is 5.89. The zero-order chi connectivity index (χ0) is 19.2. The summed E-state index contributed by atoms with van der Waals surface area (Å²) in [4.78, 5) is 27.8. The Morgan fingerprint density at radius 2 is 1.96 bits per heavy atom. The molecule has 1 aromatic carbocycles. The van der Waals surface area contributed by atoms with E-state index in [1.165, 1.54) is 0 Å². The number of carbonyl (C=O) groups excluding carboxylic acids is 2. The summed E-state index contributed by atoms with van der Waals surface area (Å²) >= 11 is 0. The quantitative estimate of drug-likeness (QED) is 0.735. The number of nitrogens with two attached hydrogens (primary N) is 1. The van der Waals surface area contributed by atoms with Gasteiger partial charge in [-0.15, -0.1) is 0 Å². The molecule has 148 valence electrons. The van der Waals surface area contributed by atoms with Crippen molar-refractivity contribution in [2.24, 2.45) is 11.7 Å². The van der Waals surface area contributed by atoms with Gasteiger partial charge in [-0.05, 0) is 56.5 Å². The van der Waals surface area contributed by atoms with Gasteiger partial charge in [0.1, 0.15) is 6.10 Å². The zero-order valence-corrected chi connectivity index (χ0v) is 15.9. The van der Waals surface area contributed by atoms with Crippen LogP contribution in [0.3, 0.4) is 0 Å². The molecule has 0 aliphatic carbocycles. The van der Waals surface area contributed by atoms with Crippen LogP contribution in [0.15, 0.2) is 24.3 Å². The van der Waals surface area contributed by atoms with E-state index in [1.807, 2.05) is 31.2 Å². The fraction of sp³-hybridized carbons (Fsp3) is 0.600. The maximum atomic E-state index is 12.2. The molecule has 0 spiro atoms. The lowest BCUT2D eigenvalue weighted by Crippen LogP contribution is -2.40. The third kappa shape index (κ3) is 5.20. The first kappa shape index (κ1) is 19.6. The van der Waals surface area contributed by atoms with E-state index in [2.05, 4.69) is 4.90 Å². The largest absolute Gasteiger partial charge is 0.466 e. The Hall–Kier alpha value is -2.12. The van der Waals surface area contributed by atoms with Gasteiger partial charge < -0.3 is 15.2 Å². The molecule has 2 fully saturated rings. The molecule has 1 atom stereocenters. The van der Waals surface area contributed by atoms with Crippen LogP contribution in [-0.4, -0.2) is 55.9 Å². The molecule has 1 unspecified atom stereocenters. The number of piperidine rings is 1. The van der Waals surface area contributed by atoms with Crippen LogP contribution in [-0.2, 0) is 20.8 Å². The summed E-state index contributed by atoms with van der Waals surface area (Å²) in [6.07, 6.45) is 2.03. The van der Waals surface area contributed by atoms with Gasteiger partial charge in [0.25, 0.3) is 0 Å². The van der Waals surface area contributed by atoms with Crippen LogP contribution in [0.1, 0.15) is 31.7 Å². The van der Waals surface area contributed by atoms with Crippen molar-refractivity contribution in [2.75, 3.05) is 37.7 Å². The van der Waals surface area contributed by atoms with Crippen molar-refractivity contribution in [3.8, 4) is 0 Å². The standard InChI is InChI=1S/C20H29N3O4/c1-2-26-19(24)11-15-7-9-22(10-8-15)13-18-14-23(20(25)27-18)17-5-3-16(12-21)4-6-17/h3-6,15,18H,2,7-14,21H2,1H3. The fourth-order valence-electron chi connectivity index (χ4n) is 3.76. The average molecular weight is 375 g/mol. The summed E-state index contributed by atoms with van der Waals surface area (Å²) in [5.41, 5.74) is 7.50. The second-order valence-electron chi connectivity index (χ2n) is 7.24. The number of ether oxygens (including phenoxy) is 2. The topological polar surface area (TPSA) is 85.1 Å². The van der Waals surface area contributed by atoms with Gasteiger partial charge >= 0.3 is 12.1 Å². The number of benzene rings is 1. The minimum Gasteiger partial charge on any atom is -0.466 e. The van der Waals surface area contributed by atoms with E-state index in [9.17, 15) is 9.59 Å². The number of amides is 1. The van der Waals surface area contributed by atoms with Crippen molar-refractivity contribution in [1.29, 1.82) is 0 Å². The van der Waals surface area contributed by atoms with Crippen LogP contribution in [0, 0.1) is 5.92 Å². The number of hydrogen-bond donors (Lipinski definition) is 1. The van der Waals surface area contributed by atoms with Crippen LogP contribution in [0.4, 0.5) is 10.5 Å². The highest BCUT2D eigenvalue weighted by atomic mass is 16.6. The van der Waals surface area contributed by atoms with Crippen LogP contribution >= 0.6 is 0 Å². The predicted molar refractivity (Wildman–Crippen MR) is 102 cm³/mol. The Morgan fingerprint density at radius 1 is 1.26 bits per heavy atom. The van der Waals surface area contributed by atoms with Gasteiger partial charge in [0.2, 0.25) is 0 Å². The third-order valence-electron chi connectivity index (χ3n) is 5.29. The van der Waals surface area contributed by atoms with E-state index in [0.29, 0.717) is 32.0 Å². The number of carbonyl (C=O) groups is 2. The second kappa shape index (κ2) is 9.19. The summed E-state index contributed by atoms with van der Waals surface area (Å²) < 4.78 is 10.6. The van der Waals surface area contributed by atoms with E-state index in [-0.39, 0.29) is 18.2 Å². The first-order chi connectivity index (χ1) is 13.1. The molecule has 1 amide bonds. The number of likely N-dealkylation sites (tertiary alicyclic amines) is 1. The Balaban J connectivity index is 1.45. The van der Waals surface area contributed by atoms with Gasteiger partial charge in [-0.2, -0.15) is 0 Å². The average Bonchev–Trinajstić information content (AvgIpc) is 3.04. The lowest BCUT2D eigenvalue weighted by atomic mass is 9.93. The number of cyclic esters (lactones) is 1. The van der Waals surface area contributed by atoms with E-state index < -0.39 is 0 Å². The Bertz CT molecular complexity index is 641. The van der Waals surface area contributed by atoms with Gasteiger partial charge in [-0.3, -0.25) is 14.6 Å². The van der Waals surface area contributed by atoms with Crippen LogP contribution in [0.25, 0.3) is 0 Å². The lowest BCUT2D eigenvalue weighted by Gasteiger charge is -2.32. The van der Waals surface area contributed by atoms with Crippen LogP contribution in [0.2, 0.25) is 0 Å². The Morgan fingerprint density at radius 3 is 2.59 bits per heavy atom. The molecule has 2 saturated heterocycles. The minimum atomic E-state index is -0.294. The molecule has 1 aromatic rings.